The number of rotatable bonds is 8. The number of hydrogen-bond donors (Lipinski definition) is 0. The van der Waals surface area contributed by atoms with Gasteiger partial charge in [-0.1, -0.05) is 39.0 Å². The van der Waals surface area contributed by atoms with E-state index >= 15 is 0 Å². The Kier molecular flexibility index (Phi) is 8.01. The summed E-state index contributed by atoms with van der Waals surface area (Å²) in [6.45, 7) is 5.58. The Morgan fingerprint density at radius 1 is 0.783 bits per heavy atom. The first-order chi connectivity index (χ1) is 10.3. The molecule has 0 spiro atoms. The van der Waals surface area contributed by atoms with Crippen LogP contribution in [0.15, 0.2) is 24.5 Å². The van der Waals surface area contributed by atoms with Gasteiger partial charge in [0.25, 0.3) is 0 Å². The molecule has 1 aromatic rings. The zero-order valence-electron chi connectivity index (χ0n) is 13.6. The Hall–Kier alpha value is -0.840. The van der Waals surface area contributed by atoms with Crippen molar-refractivity contribution in [2.75, 3.05) is 0 Å². The fourth-order valence-electron chi connectivity index (χ4n) is 1.93. The first-order valence-corrected chi connectivity index (χ1v) is 9.83. The predicted molar refractivity (Wildman–Crippen MR) is 82.9 cm³/mol. The van der Waals surface area contributed by atoms with Gasteiger partial charge in [0.15, 0.2) is 12.4 Å². The normalized spacial score (nSPS) is 14.4. The van der Waals surface area contributed by atoms with E-state index in [0.29, 0.717) is 0 Å². The van der Waals surface area contributed by atoms with Crippen molar-refractivity contribution in [3.63, 3.8) is 0 Å². The second kappa shape index (κ2) is 8.32. The molecule has 0 atom stereocenters. The predicted octanol–water partition coefficient (Wildman–Crippen LogP) is 7.42. The van der Waals surface area contributed by atoms with Crippen LogP contribution in [0.4, 0.5) is 25.2 Å². The summed E-state index contributed by atoms with van der Waals surface area (Å²) in [6.07, 6.45) is 14.1. The van der Waals surface area contributed by atoms with Crippen LogP contribution in [0.5, 0.6) is 0 Å². The maximum absolute atomic E-state index is 10.7. The van der Waals surface area contributed by atoms with Crippen molar-refractivity contribution < 1.29 is 29.7 Å². The zero-order valence-corrected chi connectivity index (χ0v) is 14.5. The number of aryl methyl sites for hydroxylation is 2. The van der Waals surface area contributed by atoms with E-state index in [2.05, 4.69) is 42.9 Å². The van der Waals surface area contributed by atoms with Crippen LogP contribution in [0, 0.1) is 6.92 Å². The van der Waals surface area contributed by atoms with E-state index in [9.17, 15) is 25.2 Å². The van der Waals surface area contributed by atoms with E-state index in [4.69, 9.17) is 0 Å². The summed E-state index contributed by atoms with van der Waals surface area (Å²) < 4.78 is 61.5. The van der Waals surface area contributed by atoms with Gasteiger partial charge in [0, 0.05) is 18.6 Å². The van der Waals surface area contributed by atoms with Crippen molar-refractivity contribution in [1.29, 1.82) is 0 Å². The Morgan fingerprint density at radius 2 is 1.17 bits per heavy atom. The van der Waals surface area contributed by atoms with Crippen LogP contribution in [0.3, 0.4) is 0 Å². The molecule has 0 fully saturated rings. The second-order valence-corrected chi connectivity index (χ2v) is 7.61. The SMILES string of the molecule is CCCCCCCCC[n+]1ccc(C)cc1.F[P-](F)(F)(F)(F)F. The molecule has 0 aliphatic heterocycles. The number of hydrogen-bond acceptors (Lipinski definition) is 0. The van der Waals surface area contributed by atoms with E-state index in [-0.39, 0.29) is 0 Å². The van der Waals surface area contributed by atoms with Crippen molar-refractivity contribution in [2.45, 2.75) is 65.3 Å². The molecule has 0 saturated carbocycles. The molecule has 0 N–H and O–H groups in total. The number of halogens is 6. The van der Waals surface area contributed by atoms with Gasteiger partial charge in [0.05, 0.1) is 0 Å². The first kappa shape index (κ1) is 22.2. The molecule has 1 rings (SSSR count). The van der Waals surface area contributed by atoms with Crippen molar-refractivity contribution in [2.24, 2.45) is 0 Å². The van der Waals surface area contributed by atoms with Crippen LogP contribution in [-0.2, 0) is 6.54 Å². The Bertz CT molecular complexity index is 429. The standard InChI is InChI=1S/C15H26N.F6P/c1-3-4-5-6-7-8-9-12-16-13-10-15(2)11-14-16;1-7(2,3,4,5)6/h10-11,13-14H,3-9,12H2,1-2H3;/q+1;-1. The molecule has 1 nitrogen and oxygen atoms in total. The molecule has 0 aliphatic carbocycles. The average Bonchev–Trinajstić information content (AvgIpc) is 2.36. The first-order valence-electron chi connectivity index (χ1n) is 7.80. The molecule has 0 saturated heterocycles. The number of pyridine rings is 1. The molecule has 23 heavy (non-hydrogen) atoms. The fraction of sp³-hybridized carbons (Fsp3) is 0.667. The summed E-state index contributed by atoms with van der Waals surface area (Å²) >= 11 is 0. The molecule has 0 bridgehead atoms. The van der Waals surface area contributed by atoms with Gasteiger partial charge in [-0.2, -0.15) is 0 Å². The number of nitrogens with zero attached hydrogens (tertiary/aromatic N) is 1. The summed E-state index contributed by atoms with van der Waals surface area (Å²) in [4.78, 5) is 0. The second-order valence-electron chi connectivity index (χ2n) is 5.69. The molecular formula is C15H26F6NP. The maximum atomic E-state index is 9.87. The van der Waals surface area contributed by atoms with Crippen LogP contribution < -0.4 is 4.57 Å². The molecule has 0 radical (unpaired) electrons. The van der Waals surface area contributed by atoms with Gasteiger partial charge in [0.1, 0.15) is 6.54 Å². The van der Waals surface area contributed by atoms with E-state index < -0.39 is 7.81 Å². The molecule has 8 heteroatoms. The summed E-state index contributed by atoms with van der Waals surface area (Å²) in [7, 11) is -10.7. The summed E-state index contributed by atoms with van der Waals surface area (Å²) in [5.41, 5.74) is 1.34. The van der Waals surface area contributed by atoms with Crippen molar-refractivity contribution in [1.82, 2.24) is 0 Å². The molecule has 1 aromatic heterocycles. The third-order valence-electron chi connectivity index (χ3n) is 3.08. The third-order valence-corrected chi connectivity index (χ3v) is 3.08. The Balaban J connectivity index is 0.000000585. The van der Waals surface area contributed by atoms with Crippen LogP contribution >= 0.6 is 7.81 Å². The van der Waals surface area contributed by atoms with E-state index in [1.54, 1.807) is 0 Å². The monoisotopic (exact) mass is 365 g/mol. The van der Waals surface area contributed by atoms with Gasteiger partial charge in [0.2, 0.25) is 0 Å². The molecule has 0 unspecified atom stereocenters. The van der Waals surface area contributed by atoms with Gasteiger partial charge < -0.3 is 0 Å². The van der Waals surface area contributed by atoms with E-state index in [0.717, 1.165) is 0 Å². The van der Waals surface area contributed by atoms with E-state index in [1.807, 2.05) is 0 Å². The molecule has 1 heterocycles. The van der Waals surface area contributed by atoms with Gasteiger partial charge in [-0.15, -0.1) is 0 Å². The van der Waals surface area contributed by atoms with Crippen LogP contribution in [0.1, 0.15) is 57.4 Å². The van der Waals surface area contributed by atoms with Crippen LogP contribution in [-0.4, -0.2) is 0 Å². The molecule has 138 valence electrons. The summed E-state index contributed by atoms with van der Waals surface area (Å²) in [6, 6.07) is 4.36. The summed E-state index contributed by atoms with van der Waals surface area (Å²) in [5, 5.41) is 0. The molecule has 0 amide bonds. The van der Waals surface area contributed by atoms with Crippen LogP contribution in [0.25, 0.3) is 0 Å². The van der Waals surface area contributed by atoms with Gasteiger partial charge >= 0.3 is 33.0 Å². The molecule has 0 aromatic carbocycles. The van der Waals surface area contributed by atoms with Crippen molar-refractivity contribution in [3.05, 3.63) is 30.1 Å². The Morgan fingerprint density at radius 3 is 1.61 bits per heavy atom. The summed E-state index contributed by atoms with van der Waals surface area (Å²) in [5.74, 6) is 0. The van der Waals surface area contributed by atoms with Crippen molar-refractivity contribution in [3.8, 4) is 0 Å². The number of aromatic nitrogens is 1. The average molecular weight is 365 g/mol. The Labute approximate surface area is 133 Å². The molecule has 0 aliphatic rings. The van der Waals surface area contributed by atoms with Gasteiger partial charge in [-0.05, 0) is 18.9 Å². The topological polar surface area (TPSA) is 3.88 Å². The fourth-order valence-corrected chi connectivity index (χ4v) is 1.93. The minimum atomic E-state index is -10.7. The molecular weight excluding hydrogens is 339 g/mol. The zero-order chi connectivity index (χ0) is 18.0. The quantitative estimate of drug-likeness (QED) is 0.195. The minimum absolute atomic E-state index is 1.17. The van der Waals surface area contributed by atoms with Crippen molar-refractivity contribution >= 4 is 7.81 Å². The number of unbranched alkanes of at least 4 members (excludes halogenated alkanes) is 6. The van der Waals surface area contributed by atoms with E-state index in [1.165, 1.54) is 57.1 Å². The third kappa shape index (κ3) is 23.6. The van der Waals surface area contributed by atoms with Gasteiger partial charge in [-0.25, -0.2) is 4.57 Å². The van der Waals surface area contributed by atoms with Gasteiger partial charge in [-0.3, -0.25) is 0 Å². The van der Waals surface area contributed by atoms with Crippen LogP contribution in [0.2, 0.25) is 0 Å².